The van der Waals surface area contributed by atoms with Crippen molar-refractivity contribution >= 4 is 12.2 Å². The van der Waals surface area contributed by atoms with E-state index in [0.29, 0.717) is 4.77 Å². The SMILES string of the molecule is Cn1cc(O)n(-c2ccc(C(C)(C)C)cc2)c1=S. The van der Waals surface area contributed by atoms with Gasteiger partial charge in [0.1, 0.15) is 0 Å². The third kappa shape index (κ3) is 2.20. The van der Waals surface area contributed by atoms with Crippen LogP contribution < -0.4 is 0 Å². The van der Waals surface area contributed by atoms with Gasteiger partial charge in [-0.2, -0.15) is 0 Å². The lowest BCUT2D eigenvalue weighted by Crippen LogP contribution is -2.10. The summed E-state index contributed by atoms with van der Waals surface area (Å²) in [5.74, 6) is 0.158. The summed E-state index contributed by atoms with van der Waals surface area (Å²) in [4.78, 5) is 0. The average Bonchev–Trinajstić information content (AvgIpc) is 2.52. The lowest BCUT2D eigenvalue weighted by Gasteiger charge is -2.19. The predicted octanol–water partition coefficient (Wildman–Crippen LogP) is 3.55. The molecule has 2 rings (SSSR count). The first-order chi connectivity index (χ1) is 8.30. The Bertz CT molecular complexity index is 615. The van der Waals surface area contributed by atoms with Crippen molar-refractivity contribution in [3.63, 3.8) is 0 Å². The molecule has 0 aliphatic heterocycles. The van der Waals surface area contributed by atoms with Crippen molar-refractivity contribution in [2.75, 3.05) is 0 Å². The van der Waals surface area contributed by atoms with Crippen LogP contribution in [0.3, 0.4) is 0 Å². The Balaban J connectivity index is 2.50. The van der Waals surface area contributed by atoms with Gasteiger partial charge in [-0.15, -0.1) is 0 Å². The first-order valence-electron chi connectivity index (χ1n) is 5.89. The van der Waals surface area contributed by atoms with Crippen LogP contribution in [-0.2, 0) is 12.5 Å². The number of hydrogen-bond acceptors (Lipinski definition) is 2. The van der Waals surface area contributed by atoms with Gasteiger partial charge in [0.15, 0.2) is 4.77 Å². The molecule has 0 fully saturated rings. The molecule has 0 amide bonds. The van der Waals surface area contributed by atoms with Crippen molar-refractivity contribution in [2.24, 2.45) is 7.05 Å². The van der Waals surface area contributed by atoms with Crippen molar-refractivity contribution < 1.29 is 5.11 Å². The topological polar surface area (TPSA) is 30.1 Å². The highest BCUT2D eigenvalue weighted by molar-refractivity contribution is 7.71. The number of aromatic hydroxyl groups is 1. The number of aryl methyl sites for hydroxylation is 1. The number of nitrogens with zero attached hydrogens (tertiary/aromatic N) is 2. The van der Waals surface area contributed by atoms with Crippen LogP contribution in [0, 0.1) is 4.77 Å². The summed E-state index contributed by atoms with van der Waals surface area (Å²) in [5, 5.41) is 9.87. The second-order valence-corrected chi connectivity index (χ2v) is 5.88. The Morgan fingerprint density at radius 2 is 1.67 bits per heavy atom. The number of rotatable bonds is 1. The first-order valence-corrected chi connectivity index (χ1v) is 6.30. The highest BCUT2D eigenvalue weighted by atomic mass is 32.1. The third-order valence-corrected chi connectivity index (χ3v) is 3.49. The molecule has 0 aliphatic carbocycles. The zero-order valence-electron chi connectivity index (χ0n) is 11.1. The Morgan fingerprint density at radius 1 is 1.11 bits per heavy atom. The van der Waals surface area contributed by atoms with Crippen LogP contribution in [0.25, 0.3) is 5.69 Å². The van der Waals surface area contributed by atoms with Gasteiger partial charge in [-0.3, -0.25) is 4.57 Å². The fourth-order valence-electron chi connectivity index (χ4n) is 1.90. The van der Waals surface area contributed by atoms with E-state index in [0.717, 1.165) is 5.69 Å². The fourth-order valence-corrected chi connectivity index (χ4v) is 2.15. The van der Waals surface area contributed by atoms with Gasteiger partial charge in [0, 0.05) is 7.05 Å². The molecule has 3 nitrogen and oxygen atoms in total. The number of benzene rings is 1. The molecule has 2 aromatic rings. The molecule has 0 bridgehead atoms. The highest BCUT2D eigenvalue weighted by Crippen LogP contribution is 2.25. The fraction of sp³-hybridized carbons (Fsp3) is 0.357. The minimum Gasteiger partial charge on any atom is -0.493 e. The van der Waals surface area contributed by atoms with Crippen LogP contribution in [0.15, 0.2) is 30.5 Å². The molecule has 0 aliphatic rings. The van der Waals surface area contributed by atoms with E-state index in [-0.39, 0.29) is 11.3 Å². The van der Waals surface area contributed by atoms with E-state index in [9.17, 15) is 5.11 Å². The number of imidazole rings is 1. The monoisotopic (exact) mass is 262 g/mol. The van der Waals surface area contributed by atoms with E-state index in [1.165, 1.54) is 5.56 Å². The van der Waals surface area contributed by atoms with Gasteiger partial charge in [0.25, 0.3) is 0 Å². The van der Waals surface area contributed by atoms with Crippen LogP contribution in [0.4, 0.5) is 0 Å². The molecular weight excluding hydrogens is 244 g/mol. The lowest BCUT2D eigenvalue weighted by atomic mass is 9.87. The molecule has 1 heterocycles. The smallest absolute Gasteiger partial charge is 0.214 e. The second-order valence-electron chi connectivity index (χ2n) is 5.51. The highest BCUT2D eigenvalue weighted by Gasteiger charge is 2.14. The normalized spacial score (nSPS) is 11.8. The van der Waals surface area contributed by atoms with Crippen LogP contribution in [-0.4, -0.2) is 14.2 Å². The zero-order valence-corrected chi connectivity index (χ0v) is 12.0. The molecule has 0 radical (unpaired) electrons. The van der Waals surface area contributed by atoms with Crippen LogP contribution >= 0.6 is 12.2 Å². The molecule has 96 valence electrons. The summed E-state index contributed by atoms with van der Waals surface area (Å²) < 4.78 is 3.96. The molecule has 18 heavy (non-hydrogen) atoms. The van der Waals surface area contributed by atoms with E-state index in [2.05, 4.69) is 32.9 Å². The zero-order chi connectivity index (χ0) is 13.5. The van der Waals surface area contributed by atoms with E-state index in [1.807, 2.05) is 19.2 Å². The van der Waals surface area contributed by atoms with Gasteiger partial charge in [-0.1, -0.05) is 32.9 Å². The maximum Gasteiger partial charge on any atom is 0.214 e. The van der Waals surface area contributed by atoms with E-state index >= 15 is 0 Å². The Hall–Kier alpha value is -1.55. The predicted molar refractivity (Wildman–Crippen MR) is 75.9 cm³/mol. The van der Waals surface area contributed by atoms with Gasteiger partial charge < -0.3 is 9.67 Å². The summed E-state index contributed by atoms with van der Waals surface area (Å²) in [6.07, 6.45) is 1.61. The van der Waals surface area contributed by atoms with Crippen LogP contribution in [0.2, 0.25) is 0 Å². The minimum atomic E-state index is 0.124. The van der Waals surface area contributed by atoms with Crippen molar-refractivity contribution in [2.45, 2.75) is 26.2 Å². The minimum absolute atomic E-state index is 0.124. The summed E-state index contributed by atoms with van der Waals surface area (Å²) in [7, 11) is 1.82. The Labute approximate surface area is 112 Å². The molecular formula is C14H18N2OS. The van der Waals surface area contributed by atoms with Crippen molar-refractivity contribution in [3.8, 4) is 11.6 Å². The maximum atomic E-state index is 9.87. The quantitative estimate of drug-likeness (QED) is 0.797. The second kappa shape index (κ2) is 4.28. The summed E-state index contributed by atoms with van der Waals surface area (Å²) in [6, 6.07) is 8.11. The molecule has 0 atom stereocenters. The van der Waals surface area contributed by atoms with Gasteiger partial charge in [-0.25, -0.2) is 0 Å². The van der Waals surface area contributed by atoms with Crippen LogP contribution in [0.5, 0.6) is 5.88 Å². The summed E-state index contributed by atoms with van der Waals surface area (Å²) in [5.41, 5.74) is 2.26. The maximum absolute atomic E-state index is 9.87. The van der Waals surface area contributed by atoms with E-state index in [1.54, 1.807) is 15.3 Å². The standard InChI is InChI=1S/C14H18N2OS/c1-14(2,3)10-5-7-11(8-6-10)16-12(17)9-15(4)13(16)18/h5-9,17H,1-4H3. The molecule has 1 aromatic carbocycles. The third-order valence-electron chi connectivity index (χ3n) is 3.02. The molecule has 0 saturated carbocycles. The molecule has 0 unspecified atom stereocenters. The van der Waals surface area contributed by atoms with Gasteiger partial charge in [0.2, 0.25) is 5.88 Å². The van der Waals surface area contributed by atoms with Gasteiger partial charge in [-0.05, 0) is 35.3 Å². The van der Waals surface area contributed by atoms with Gasteiger partial charge >= 0.3 is 0 Å². The summed E-state index contributed by atoms with van der Waals surface area (Å²) >= 11 is 5.27. The van der Waals surface area contributed by atoms with Gasteiger partial charge in [0.05, 0.1) is 11.9 Å². The average molecular weight is 262 g/mol. The molecule has 0 saturated heterocycles. The van der Waals surface area contributed by atoms with Crippen molar-refractivity contribution in [1.82, 2.24) is 9.13 Å². The van der Waals surface area contributed by atoms with E-state index in [4.69, 9.17) is 12.2 Å². The Morgan fingerprint density at radius 3 is 2.06 bits per heavy atom. The van der Waals surface area contributed by atoms with Crippen molar-refractivity contribution in [3.05, 3.63) is 40.8 Å². The Kier molecular flexibility index (Phi) is 3.07. The van der Waals surface area contributed by atoms with E-state index < -0.39 is 0 Å². The number of hydrogen-bond donors (Lipinski definition) is 1. The molecule has 1 aromatic heterocycles. The molecule has 4 heteroatoms. The summed E-state index contributed by atoms with van der Waals surface area (Å²) in [6.45, 7) is 6.52. The lowest BCUT2D eigenvalue weighted by molar-refractivity contribution is 0.441. The number of aromatic nitrogens is 2. The van der Waals surface area contributed by atoms with Crippen molar-refractivity contribution in [1.29, 1.82) is 0 Å². The molecule has 1 N–H and O–H groups in total. The largest absolute Gasteiger partial charge is 0.493 e. The molecule has 0 spiro atoms. The first kappa shape index (κ1) is 12.9. The van der Waals surface area contributed by atoms with Crippen LogP contribution in [0.1, 0.15) is 26.3 Å².